The fourth-order valence-corrected chi connectivity index (χ4v) is 4.84. The molecule has 1 heterocycles. The number of sulfone groups is 1. The van der Waals surface area contributed by atoms with Crippen molar-refractivity contribution >= 4 is 37.8 Å². The number of thiophene rings is 1. The van der Waals surface area contributed by atoms with Gasteiger partial charge in [-0.2, -0.15) is 0 Å². The van der Waals surface area contributed by atoms with Gasteiger partial charge in [0.15, 0.2) is 9.84 Å². The molecule has 0 aliphatic rings. The van der Waals surface area contributed by atoms with Crippen LogP contribution in [0.15, 0.2) is 4.90 Å². The molecule has 0 spiro atoms. The van der Waals surface area contributed by atoms with E-state index in [1.54, 1.807) is 13.8 Å². The molecule has 3 N–H and O–H groups in total. The standard InChI is InChI=1S/C13H23N3O3S2/c1-5-15-12(17)10-9(14)11(21(18,19)8-4)13(20-10)16(6-2)7-3/h5-8,14H2,1-4H3,(H,15,17). The van der Waals surface area contributed by atoms with Crippen molar-refractivity contribution in [3.8, 4) is 0 Å². The van der Waals surface area contributed by atoms with E-state index >= 15 is 0 Å². The van der Waals surface area contributed by atoms with Gasteiger partial charge < -0.3 is 16.0 Å². The van der Waals surface area contributed by atoms with Crippen LogP contribution in [0.25, 0.3) is 0 Å². The van der Waals surface area contributed by atoms with Gasteiger partial charge in [0.2, 0.25) is 0 Å². The Hall–Kier alpha value is -1.28. The molecule has 0 radical (unpaired) electrons. The Morgan fingerprint density at radius 1 is 1.24 bits per heavy atom. The molecular weight excluding hydrogens is 310 g/mol. The Morgan fingerprint density at radius 2 is 1.81 bits per heavy atom. The predicted octanol–water partition coefficient (Wildman–Crippen LogP) is 1.72. The Bertz CT molecular complexity index is 604. The summed E-state index contributed by atoms with van der Waals surface area (Å²) >= 11 is 1.14. The molecule has 1 amide bonds. The van der Waals surface area contributed by atoms with Crippen LogP contribution in [0.3, 0.4) is 0 Å². The van der Waals surface area contributed by atoms with Gasteiger partial charge in [-0.15, -0.1) is 11.3 Å². The van der Waals surface area contributed by atoms with E-state index in [0.29, 0.717) is 24.6 Å². The summed E-state index contributed by atoms with van der Waals surface area (Å²) in [5.74, 6) is -0.372. The quantitative estimate of drug-likeness (QED) is 0.792. The molecule has 6 nitrogen and oxygen atoms in total. The number of nitrogen functional groups attached to an aromatic ring is 1. The van der Waals surface area contributed by atoms with Crippen LogP contribution in [0.5, 0.6) is 0 Å². The normalized spacial score (nSPS) is 11.4. The first kappa shape index (κ1) is 17.8. The summed E-state index contributed by atoms with van der Waals surface area (Å²) in [6, 6.07) is 0. The van der Waals surface area contributed by atoms with Gasteiger partial charge in [-0.3, -0.25) is 4.79 Å². The lowest BCUT2D eigenvalue weighted by Gasteiger charge is -2.20. The van der Waals surface area contributed by atoms with Crippen LogP contribution in [-0.2, 0) is 9.84 Å². The first-order valence-electron chi connectivity index (χ1n) is 7.02. The predicted molar refractivity (Wildman–Crippen MR) is 88.0 cm³/mol. The average Bonchev–Trinajstić information content (AvgIpc) is 2.79. The third kappa shape index (κ3) is 3.49. The zero-order chi connectivity index (χ0) is 16.2. The number of rotatable bonds is 7. The molecule has 0 atom stereocenters. The smallest absolute Gasteiger partial charge is 0.263 e. The third-order valence-electron chi connectivity index (χ3n) is 3.17. The fourth-order valence-electron chi connectivity index (χ4n) is 1.99. The number of carbonyl (C=O) groups is 1. The second-order valence-electron chi connectivity index (χ2n) is 4.41. The molecule has 120 valence electrons. The van der Waals surface area contributed by atoms with Gasteiger partial charge in [-0.25, -0.2) is 8.42 Å². The zero-order valence-electron chi connectivity index (χ0n) is 12.9. The van der Waals surface area contributed by atoms with E-state index in [4.69, 9.17) is 5.73 Å². The Balaban J connectivity index is 3.55. The number of hydrogen-bond donors (Lipinski definition) is 2. The lowest BCUT2D eigenvalue weighted by Crippen LogP contribution is -2.23. The molecule has 0 aliphatic carbocycles. The van der Waals surface area contributed by atoms with Crippen molar-refractivity contribution in [2.24, 2.45) is 0 Å². The van der Waals surface area contributed by atoms with Crippen molar-refractivity contribution in [3.05, 3.63) is 4.88 Å². The molecule has 0 saturated carbocycles. The lowest BCUT2D eigenvalue weighted by molar-refractivity contribution is 0.0960. The number of nitrogens with one attached hydrogen (secondary N) is 1. The van der Waals surface area contributed by atoms with E-state index in [-0.39, 0.29) is 27.1 Å². The molecule has 0 saturated heterocycles. The maximum absolute atomic E-state index is 12.3. The largest absolute Gasteiger partial charge is 0.396 e. The Kier molecular flexibility index (Phi) is 6.03. The molecule has 1 rings (SSSR count). The van der Waals surface area contributed by atoms with E-state index in [2.05, 4.69) is 5.32 Å². The number of nitrogens with two attached hydrogens (primary N) is 1. The molecule has 0 bridgehead atoms. The van der Waals surface area contributed by atoms with Crippen LogP contribution in [0.4, 0.5) is 10.7 Å². The lowest BCUT2D eigenvalue weighted by atomic mass is 10.3. The molecule has 0 fully saturated rings. The summed E-state index contributed by atoms with van der Waals surface area (Å²) in [6.07, 6.45) is 0. The minimum atomic E-state index is -3.49. The Morgan fingerprint density at radius 3 is 2.24 bits per heavy atom. The van der Waals surface area contributed by atoms with Crippen LogP contribution in [0.2, 0.25) is 0 Å². The molecule has 1 aromatic rings. The number of amides is 1. The van der Waals surface area contributed by atoms with Crippen molar-refractivity contribution in [3.63, 3.8) is 0 Å². The summed E-state index contributed by atoms with van der Waals surface area (Å²) in [5, 5.41) is 3.22. The molecule has 0 unspecified atom stereocenters. The topological polar surface area (TPSA) is 92.5 Å². The summed E-state index contributed by atoms with van der Waals surface area (Å²) in [6.45, 7) is 9.02. The van der Waals surface area contributed by atoms with Crippen LogP contribution in [0.1, 0.15) is 37.4 Å². The molecular formula is C13H23N3O3S2. The highest BCUT2D eigenvalue weighted by atomic mass is 32.2. The van der Waals surface area contributed by atoms with E-state index < -0.39 is 9.84 Å². The van der Waals surface area contributed by atoms with E-state index in [0.717, 1.165) is 11.3 Å². The molecule has 0 aromatic carbocycles. The average molecular weight is 333 g/mol. The molecule has 21 heavy (non-hydrogen) atoms. The first-order chi connectivity index (χ1) is 9.83. The maximum atomic E-state index is 12.3. The monoisotopic (exact) mass is 333 g/mol. The summed E-state index contributed by atoms with van der Waals surface area (Å²) in [5.41, 5.74) is 6.05. The van der Waals surface area contributed by atoms with E-state index in [1.807, 2.05) is 18.7 Å². The van der Waals surface area contributed by atoms with Crippen LogP contribution in [-0.4, -0.2) is 39.7 Å². The van der Waals surface area contributed by atoms with E-state index in [1.165, 1.54) is 0 Å². The van der Waals surface area contributed by atoms with Gasteiger partial charge in [0, 0.05) is 19.6 Å². The maximum Gasteiger partial charge on any atom is 0.263 e. The van der Waals surface area contributed by atoms with Gasteiger partial charge in [0.25, 0.3) is 5.91 Å². The summed E-state index contributed by atoms with van der Waals surface area (Å²) < 4.78 is 24.7. The summed E-state index contributed by atoms with van der Waals surface area (Å²) in [7, 11) is -3.49. The van der Waals surface area contributed by atoms with Gasteiger partial charge in [0.05, 0.1) is 11.4 Å². The Labute approximate surface area is 130 Å². The van der Waals surface area contributed by atoms with Crippen LogP contribution in [0, 0.1) is 0 Å². The van der Waals surface area contributed by atoms with E-state index in [9.17, 15) is 13.2 Å². The number of nitrogens with zero attached hydrogens (tertiary/aromatic N) is 1. The zero-order valence-corrected chi connectivity index (χ0v) is 14.5. The number of hydrogen-bond acceptors (Lipinski definition) is 6. The molecule has 0 aliphatic heterocycles. The minimum absolute atomic E-state index is 0.0446. The van der Waals surface area contributed by atoms with Crippen molar-refractivity contribution in [2.75, 3.05) is 36.0 Å². The summed E-state index contributed by atoms with van der Waals surface area (Å²) in [4.78, 5) is 14.3. The van der Waals surface area contributed by atoms with Crippen molar-refractivity contribution in [1.29, 1.82) is 0 Å². The highest BCUT2D eigenvalue weighted by Crippen LogP contribution is 2.41. The van der Waals surface area contributed by atoms with Gasteiger partial charge >= 0.3 is 0 Å². The number of carbonyl (C=O) groups excluding carboxylic acids is 1. The van der Waals surface area contributed by atoms with Crippen molar-refractivity contribution in [1.82, 2.24) is 5.32 Å². The van der Waals surface area contributed by atoms with Gasteiger partial charge in [-0.05, 0) is 20.8 Å². The molecule has 1 aromatic heterocycles. The SMILES string of the molecule is CCNC(=O)c1sc(N(CC)CC)c(S(=O)(=O)CC)c1N. The third-order valence-corrected chi connectivity index (χ3v) is 6.36. The van der Waals surface area contributed by atoms with Crippen LogP contribution >= 0.6 is 11.3 Å². The minimum Gasteiger partial charge on any atom is -0.396 e. The highest BCUT2D eigenvalue weighted by Gasteiger charge is 2.30. The second kappa shape index (κ2) is 7.13. The molecule has 8 heteroatoms. The second-order valence-corrected chi connectivity index (χ2v) is 7.63. The first-order valence-corrected chi connectivity index (χ1v) is 9.48. The van der Waals surface area contributed by atoms with Crippen LogP contribution < -0.4 is 16.0 Å². The van der Waals surface area contributed by atoms with Crippen molar-refractivity contribution < 1.29 is 13.2 Å². The van der Waals surface area contributed by atoms with Crippen molar-refractivity contribution in [2.45, 2.75) is 32.6 Å². The fraction of sp³-hybridized carbons (Fsp3) is 0.615. The number of anilines is 2. The van der Waals surface area contributed by atoms with Gasteiger partial charge in [-0.1, -0.05) is 6.92 Å². The van der Waals surface area contributed by atoms with Gasteiger partial charge in [0.1, 0.15) is 14.8 Å². The highest BCUT2D eigenvalue weighted by molar-refractivity contribution is 7.92.